The summed E-state index contributed by atoms with van der Waals surface area (Å²) in [6.45, 7) is 20.0. The van der Waals surface area contributed by atoms with Gasteiger partial charge in [0.1, 0.15) is 11.6 Å². The van der Waals surface area contributed by atoms with Gasteiger partial charge in [-0.05, 0) is 121 Å². The maximum atomic E-state index is 12.5. The third-order valence-electron chi connectivity index (χ3n) is 12.4. The van der Waals surface area contributed by atoms with Crippen LogP contribution in [0.2, 0.25) is 0 Å². The zero-order valence-electron chi connectivity index (χ0n) is 38.5. The first-order valence-corrected chi connectivity index (χ1v) is 22.4. The second-order valence-corrected chi connectivity index (χ2v) is 20.2. The zero-order valence-corrected chi connectivity index (χ0v) is 38.5. The Morgan fingerprint density at radius 3 is 1.58 bits per heavy atom. The number of phenolic OH excluding ortho intramolecular Hbond substituents is 1. The van der Waals surface area contributed by atoms with Crippen molar-refractivity contribution >= 4 is 11.0 Å². The molecule has 0 spiro atoms. The zero-order chi connectivity index (χ0) is 45.0. The van der Waals surface area contributed by atoms with Gasteiger partial charge in [0.2, 0.25) is 0 Å². The van der Waals surface area contributed by atoms with Crippen LogP contribution in [-0.2, 0) is 16.2 Å². The van der Waals surface area contributed by atoms with Crippen LogP contribution in [0.3, 0.4) is 0 Å². The van der Waals surface area contributed by atoms with Gasteiger partial charge in [0.25, 0.3) is 0 Å². The second-order valence-electron chi connectivity index (χ2n) is 20.2. The second kappa shape index (κ2) is 16.3. The lowest BCUT2D eigenvalue weighted by atomic mass is 9.78. The lowest BCUT2D eigenvalue weighted by Crippen LogP contribution is -2.18. The van der Waals surface area contributed by atoms with E-state index in [9.17, 15) is 5.11 Å². The maximum absolute atomic E-state index is 12.5. The van der Waals surface area contributed by atoms with Crippen LogP contribution in [0.1, 0.15) is 79.0 Å². The number of imidazole rings is 1. The Morgan fingerprint density at radius 2 is 0.984 bits per heavy atom. The van der Waals surface area contributed by atoms with Gasteiger partial charge in [0.05, 0.1) is 28.0 Å². The van der Waals surface area contributed by atoms with Crippen molar-refractivity contribution in [2.75, 3.05) is 0 Å². The van der Waals surface area contributed by atoms with Crippen molar-refractivity contribution in [3.05, 3.63) is 193 Å². The molecule has 318 valence electrons. The van der Waals surface area contributed by atoms with Crippen molar-refractivity contribution in [2.24, 2.45) is 0 Å². The average Bonchev–Trinajstić information content (AvgIpc) is 3.68. The number of benzene rings is 7. The van der Waals surface area contributed by atoms with E-state index in [1.54, 1.807) is 0 Å². The third kappa shape index (κ3) is 8.17. The van der Waals surface area contributed by atoms with E-state index in [2.05, 4.69) is 231 Å². The highest BCUT2D eigenvalue weighted by Gasteiger charge is 2.30. The molecule has 0 aliphatic rings. The SMILES string of the molecule is CC(C)(C)c1cc(-c2nc3c(-c4cc(-c5ccccc5)cc(-c5cc(-c6ccccc6)ccn5)c4)cccc3n2-c2ccc(-c3ccccc3)cc2C(C)(C)C)c(O)c(C(C)(C)C)c1. The van der Waals surface area contributed by atoms with Gasteiger partial charge in [-0.1, -0.05) is 178 Å². The number of aromatic hydroxyl groups is 1. The fourth-order valence-electron chi connectivity index (χ4n) is 8.84. The van der Waals surface area contributed by atoms with Crippen LogP contribution in [0.5, 0.6) is 5.75 Å². The van der Waals surface area contributed by atoms with Gasteiger partial charge >= 0.3 is 0 Å². The number of pyridine rings is 1. The molecule has 2 heterocycles. The fourth-order valence-corrected chi connectivity index (χ4v) is 8.84. The van der Waals surface area contributed by atoms with Crippen molar-refractivity contribution < 1.29 is 5.11 Å². The normalized spacial score (nSPS) is 12.2. The molecule has 2 aromatic heterocycles. The molecule has 7 aromatic carbocycles. The number of fused-ring (bicyclic) bond motifs is 1. The first kappa shape index (κ1) is 42.3. The third-order valence-corrected chi connectivity index (χ3v) is 12.4. The Hall–Kier alpha value is -7.04. The van der Waals surface area contributed by atoms with E-state index in [4.69, 9.17) is 9.97 Å². The number of hydrogen-bond acceptors (Lipinski definition) is 3. The van der Waals surface area contributed by atoms with Crippen LogP contribution in [0.25, 0.3) is 83.9 Å². The predicted octanol–water partition coefficient (Wildman–Crippen LogP) is 16.0. The van der Waals surface area contributed by atoms with Gasteiger partial charge < -0.3 is 5.11 Å². The van der Waals surface area contributed by atoms with Gasteiger partial charge in [-0.15, -0.1) is 0 Å². The molecule has 0 saturated heterocycles. The van der Waals surface area contributed by atoms with E-state index in [0.29, 0.717) is 11.4 Å². The largest absolute Gasteiger partial charge is 0.507 e. The van der Waals surface area contributed by atoms with Gasteiger partial charge in [-0.2, -0.15) is 0 Å². The molecule has 0 unspecified atom stereocenters. The first-order chi connectivity index (χ1) is 30.5. The lowest BCUT2D eigenvalue weighted by Gasteiger charge is -2.28. The molecule has 0 bridgehead atoms. The molecule has 9 aromatic rings. The lowest BCUT2D eigenvalue weighted by molar-refractivity contribution is 0.446. The summed E-state index contributed by atoms with van der Waals surface area (Å²) < 4.78 is 2.30. The van der Waals surface area contributed by atoms with E-state index in [1.165, 1.54) is 11.1 Å². The van der Waals surface area contributed by atoms with E-state index >= 15 is 0 Å². The van der Waals surface area contributed by atoms with Crippen molar-refractivity contribution in [3.63, 3.8) is 0 Å². The van der Waals surface area contributed by atoms with Gasteiger partial charge in [0.15, 0.2) is 0 Å². The maximum Gasteiger partial charge on any atom is 0.149 e. The molecule has 0 atom stereocenters. The minimum atomic E-state index is -0.323. The Morgan fingerprint density at radius 1 is 0.422 bits per heavy atom. The summed E-state index contributed by atoms with van der Waals surface area (Å²) >= 11 is 0. The molecule has 0 aliphatic carbocycles. The van der Waals surface area contributed by atoms with Crippen LogP contribution in [-0.4, -0.2) is 19.6 Å². The fraction of sp³-hybridized carbons (Fsp3) is 0.200. The Bertz CT molecular complexity index is 3140. The van der Waals surface area contributed by atoms with Gasteiger partial charge in [0, 0.05) is 22.9 Å². The minimum Gasteiger partial charge on any atom is -0.507 e. The number of rotatable bonds is 7. The number of phenols is 1. The molecule has 0 radical (unpaired) electrons. The molecule has 0 aliphatic heterocycles. The monoisotopic (exact) mass is 835 g/mol. The Balaban J connectivity index is 1.36. The van der Waals surface area contributed by atoms with Crippen LogP contribution >= 0.6 is 0 Å². The van der Waals surface area contributed by atoms with Crippen molar-refractivity contribution in [1.29, 1.82) is 0 Å². The quantitative estimate of drug-likeness (QED) is 0.174. The van der Waals surface area contributed by atoms with Gasteiger partial charge in [-0.3, -0.25) is 9.55 Å². The number of nitrogens with zero attached hydrogens (tertiary/aromatic N) is 3. The molecule has 64 heavy (non-hydrogen) atoms. The van der Waals surface area contributed by atoms with Gasteiger partial charge in [-0.25, -0.2) is 4.98 Å². The molecule has 9 rings (SSSR count). The molecule has 0 fully saturated rings. The Kier molecular flexibility index (Phi) is 10.7. The highest BCUT2D eigenvalue weighted by atomic mass is 16.3. The number of aromatic nitrogens is 3. The highest BCUT2D eigenvalue weighted by Crippen LogP contribution is 2.46. The van der Waals surface area contributed by atoms with Crippen LogP contribution < -0.4 is 0 Å². The van der Waals surface area contributed by atoms with Crippen LogP contribution in [0.15, 0.2) is 176 Å². The summed E-state index contributed by atoms with van der Waals surface area (Å²) in [4.78, 5) is 10.6. The van der Waals surface area contributed by atoms with Crippen molar-refractivity contribution in [1.82, 2.24) is 14.5 Å². The van der Waals surface area contributed by atoms with Crippen molar-refractivity contribution in [3.8, 4) is 78.6 Å². The summed E-state index contributed by atoms with van der Waals surface area (Å²) in [5.41, 5.74) is 16.8. The van der Waals surface area contributed by atoms with E-state index in [0.717, 1.165) is 78.0 Å². The molecular formula is C60H57N3O. The highest BCUT2D eigenvalue weighted by molar-refractivity contribution is 5.98. The topological polar surface area (TPSA) is 50.9 Å². The molecule has 0 amide bonds. The van der Waals surface area contributed by atoms with E-state index in [1.807, 2.05) is 12.3 Å². The summed E-state index contributed by atoms with van der Waals surface area (Å²) in [5, 5.41) is 12.5. The molecular weight excluding hydrogens is 779 g/mol. The Labute approximate surface area is 379 Å². The summed E-state index contributed by atoms with van der Waals surface area (Å²) in [5.74, 6) is 0.959. The predicted molar refractivity (Wildman–Crippen MR) is 269 cm³/mol. The molecule has 1 N–H and O–H groups in total. The van der Waals surface area contributed by atoms with E-state index < -0.39 is 0 Å². The standard InChI is InChI=1S/C60H57N3O/c1-58(2,3)47-37-49(56(64)51(38-47)60(7,8)9)57-62-55-48(26-19-27-54(55)63(57)53-29-28-42(35-50(53)59(4,5)6)39-20-13-10-14-21-39)45-32-44(41-24-17-12-18-25-41)33-46(34-45)52-36-43(30-31-61-52)40-22-15-11-16-23-40/h10-38,64H,1-9H3. The van der Waals surface area contributed by atoms with Crippen LogP contribution in [0.4, 0.5) is 0 Å². The van der Waals surface area contributed by atoms with Crippen molar-refractivity contribution in [2.45, 2.75) is 78.6 Å². The number of para-hydroxylation sites is 1. The molecule has 4 heteroatoms. The minimum absolute atomic E-state index is 0.182. The smallest absolute Gasteiger partial charge is 0.149 e. The van der Waals surface area contributed by atoms with Crippen LogP contribution in [0, 0.1) is 0 Å². The van der Waals surface area contributed by atoms with E-state index in [-0.39, 0.29) is 22.0 Å². The first-order valence-electron chi connectivity index (χ1n) is 22.4. The molecule has 4 nitrogen and oxygen atoms in total. The summed E-state index contributed by atoms with van der Waals surface area (Å²) in [6, 6.07) is 60.3. The average molecular weight is 836 g/mol. The summed E-state index contributed by atoms with van der Waals surface area (Å²) in [6.07, 6.45) is 1.90. The number of hydrogen-bond donors (Lipinski definition) is 1. The summed E-state index contributed by atoms with van der Waals surface area (Å²) in [7, 11) is 0. The molecule has 0 saturated carbocycles.